The summed E-state index contributed by atoms with van der Waals surface area (Å²) in [5.41, 5.74) is 4.19. The molecule has 142 valence electrons. The number of methoxy groups -OCH3 is 1. The standard InChI is InChI=1S/C19H19ClN2O4S/c1-25-19(24)11-26-16-7-4-5-14(9-16)10-21-22-18(23)13-27-12-15-6-2-3-8-17(15)20/h2-10H,11-13H2,1H3,(H,22,23)/b21-10-. The molecule has 6 nitrogen and oxygen atoms in total. The van der Waals surface area contributed by atoms with Crippen LogP contribution in [0.25, 0.3) is 0 Å². The second kappa shape index (κ2) is 11.3. The summed E-state index contributed by atoms with van der Waals surface area (Å²) in [6.07, 6.45) is 1.50. The summed E-state index contributed by atoms with van der Waals surface area (Å²) in [6.45, 7) is -0.170. The van der Waals surface area contributed by atoms with Crippen LogP contribution in [-0.2, 0) is 20.1 Å². The topological polar surface area (TPSA) is 77.0 Å². The van der Waals surface area contributed by atoms with Gasteiger partial charge in [0.15, 0.2) is 6.61 Å². The third kappa shape index (κ3) is 7.72. The molecule has 2 rings (SSSR count). The molecule has 2 aromatic rings. The van der Waals surface area contributed by atoms with Crippen LogP contribution in [0.15, 0.2) is 53.6 Å². The van der Waals surface area contributed by atoms with Crippen molar-refractivity contribution >= 4 is 41.5 Å². The second-order valence-corrected chi connectivity index (χ2v) is 6.71. The number of halogens is 1. The smallest absolute Gasteiger partial charge is 0.343 e. The summed E-state index contributed by atoms with van der Waals surface area (Å²) in [6, 6.07) is 14.5. The van der Waals surface area contributed by atoms with E-state index in [0.717, 1.165) is 11.1 Å². The number of hydrazone groups is 1. The van der Waals surface area contributed by atoms with Crippen LogP contribution >= 0.6 is 23.4 Å². The Bertz CT molecular complexity index is 814. The predicted octanol–water partition coefficient (Wildman–Crippen LogP) is 3.28. The largest absolute Gasteiger partial charge is 0.482 e. The molecule has 1 amide bonds. The minimum atomic E-state index is -0.462. The number of carbonyl (C=O) groups is 2. The predicted molar refractivity (Wildman–Crippen MR) is 107 cm³/mol. The Morgan fingerprint density at radius 3 is 2.81 bits per heavy atom. The van der Waals surface area contributed by atoms with E-state index < -0.39 is 5.97 Å². The molecule has 0 aliphatic rings. The van der Waals surface area contributed by atoms with E-state index in [1.165, 1.54) is 25.1 Å². The number of amides is 1. The van der Waals surface area contributed by atoms with Crippen molar-refractivity contribution in [3.63, 3.8) is 0 Å². The minimum absolute atomic E-state index is 0.170. The monoisotopic (exact) mass is 406 g/mol. The van der Waals surface area contributed by atoms with Crippen molar-refractivity contribution in [1.29, 1.82) is 0 Å². The minimum Gasteiger partial charge on any atom is -0.482 e. The Labute approximate surface area is 166 Å². The lowest BCUT2D eigenvalue weighted by molar-refractivity contribution is -0.142. The molecule has 0 saturated carbocycles. The van der Waals surface area contributed by atoms with Crippen LogP contribution in [0.3, 0.4) is 0 Å². The quantitative estimate of drug-likeness (QED) is 0.393. The summed E-state index contributed by atoms with van der Waals surface area (Å²) in [4.78, 5) is 22.9. The van der Waals surface area contributed by atoms with Crippen molar-refractivity contribution in [2.45, 2.75) is 5.75 Å². The Kier molecular flexibility index (Phi) is 8.67. The van der Waals surface area contributed by atoms with Crippen LogP contribution in [0, 0.1) is 0 Å². The number of hydrogen-bond acceptors (Lipinski definition) is 6. The average molecular weight is 407 g/mol. The third-order valence-corrected chi connectivity index (χ3v) is 4.64. The van der Waals surface area contributed by atoms with Crippen molar-refractivity contribution in [1.82, 2.24) is 5.43 Å². The second-order valence-electron chi connectivity index (χ2n) is 5.31. The first kappa shape index (κ1) is 20.8. The van der Waals surface area contributed by atoms with Gasteiger partial charge < -0.3 is 9.47 Å². The van der Waals surface area contributed by atoms with Gasteiger partial charge in [-0.1, -0.05) is 41.9 Å². The van der Waals surface area contributed by atoms with E-state index in [9.17, 15) is 9.59 Å². The van der Waals surface area contributed by atoms with Gasteiger partial charge in [-0.2, -0.15) is 5.10 Å². The third-order valence-electron chi connectivity index (χ3n) is 3.29. The Balaban J connectivity index is 1.75. The van der Waals surface area contributed by atoms with Crippen LogP contribution in [-0.4, -0.2) is 37.6 Å². The normalized spacial score (nSPS) is 10.6. The Hall–Kier alpha value is -2.51. The van der Waals surface area contributed by atoms with Crippen molar-refractivity contribution in [3.05, 3.63) is 64.7 Å². The molecular formula is C19H19ClN2O4S. The van der Waals surface area contributed by atoms with Crippen molar-refractivity contribution in [2.24, 2.45) is 5.10 Å². The maximum atomic E-state index is 11.8. The van der Waals surface area contributed by atoms with E-state index >= 15 is 0 Å². The highest BCUT2D eigenvalue weighted by Gasteiger charge is 2.04. The number of ether oxygens (including phenoxy) is 2. The molecule has 0 radical (unpaired) electrons. The maximum Gasteiger partial charge on any atom is 0.343 e. The summed E-state index contributed by atoms with van der Waals surface area (Å²) in [7, 11) is 1.30. The van der Waals surface area contributed by atoms with Crippen LogP contribution in [0.5, 0.6) is 5.75 Å². The number of nitrogens with zero attached hydrogens (tertiary/aromatic N) is 1. The van der Waals surface area contributed by atoms with E-state index in [4.69, 9.17) is 16.3 Å². The zero-order valence-corrected chi connectivity index (χ0v) is 16.3. The first-order valence-electron chi connectivity index (χ1n) is 8.01. The van der Waals surface area contributed by atoms with Crippen molar-refractivity contribution < 1.29 is 19.1 Å². The first-order chi connectivity index (χ1) is 13.1. The van der Waals surface area contributed by atoms with Gasteiger partial charge in [-0.05, 0) is 29.3 Å². The Morgan fingerprint density at radius 2 is 2.04 bits per heavy atom. The molecular weight excluding hydrogens is 388 g/mol. The first-order valence-corrected chi connectivity index (χ1v) is 9.54. The zero-order chi connectivity index (χ0) is 19.5. The fourth-order valence-corrected chi connectivity index (χ4v) is 3.07. The van der Waals surface area contributed by atoms with Gasteiger partial charge in [0.05, 0.1) is 19.1 Å². The van der Waals surface area contributed by atoms with Crippen LogP contribution in [0.1, 0.15) is 11.1 Å². The molecule has 1 N–H and O–H groups in total. The van der Waals surface area contributed by atoms with E-state index in [2.05, 4.69) is 15.3 Å². The Morgan fingerprint density at radius 1 is 1.22 bits per heavy atom. The highest BCUT2D eigenvalue weighted by Crippen LogP contribution is 2.20. The highest BCUT2D eigenvalue weighted by molar-refractivity contribution is 7.99. The number of rotatable bonds is 9. The number of esters is 1. The van der Waals surface area contributed by atoms with Gasteiger partial charge in [0.1, 0.15) is 5.75 Å². The van der Waals surface area contributed by atoms with Crippen molar-refractivity contribution in [2.75, 3.05) is 19.5 Å². The highest BCUT2D eigenvalue weighted by atomic mass is 35.5. The van der Waals surface area contributed by atoms with Gasteiger partial charge >= 0.3 is 5.97 Å². The van der Waals surface area contributed by atoms with Gasteiger partial charge in [0.2, 0.25) is 5.91 Å². The van der Waals surface area contributed by atoms with Crippen LogP contribution in [0.4, 0.5) is 0 Å². The molecule has 8 heteroatoms. The molecule has 0 aromatic heterocycles. The average Bonchev–Trinajstić information content (AvgIpc) is 2.68. The molecule has 0 aliphatic carbocycles. The lowest BCUT2D eigenvalue weighted by atomic mass is 10.2. The number of benzene rings is 2. The lowest BCUT2D eigenvalue weighted by Crippen LogP contribution is -2.19. The molecule has 0 aliphatic heterocycles. The van der Waals surface area contributed by atoms with E-state index in [0.29, 0.717) is 16.5 Å². The molecule has 0 fully saturated rings. The SMILES string of the molecule is COC(=O)COc1cccc(/C=N\NC(=O)CSCc2ccccc2Cl)c1. The zero-order valence-electron chi connectivity index (χ0n) is 14.7. The number of hydrogen-bond donors (Lipinski definition) is 1. The molecule has 0 heterocycles. The fourth-order valence-electron chi connectivity index (χ4n) is 1.97. The lowest BCUT2D eigenvalue weighted by Gasteiger charge is -2.05. The van der Waals surface area contributed by atoms with Crippen molar-refractivity contribution in [3.8, 4) is 5.75 Å². The number of carbonyl (C=O) groups excluding carboxylic acids is 2. The summed E-state index contributed by atoms with van der Waals surface area (Å²) >= 11 is 7.53. The maximum absolute atomic E-state index is 11.8. The molecule has 0 saturated heterocycles. The molecule has 0 unspecified atom stereocenters. The van der Waals surface area contributed by atoms with Crippen LogP contribution < -0.4 is 10.2 Å². The molecule has 27 heavy (non-hydrogen) atoms. The van der Waals surface area contributed by atoms with Crippen LogP contribution in [0.2, 0.25) is 5.02 Å². The number of thioether (sulfide) groups is 1. The van der Waals surface area contributed by atoms with Gasteiger partial charge in [-0.25, -0.2) is 10.2 Å². The van der Waals surface area contributed by atoms with Gasteiger partial charge in [0.25, 0.3) is 0 Å². The van der Waals surface area contributed by atoms with Gasteiger partial charge in [-0.3, -0.25) is 4.79 Å². The summed E-state index contributed by atoms with van der Waals surface area (Å²) in [5, 5.41) is 4.62. The summed E-state index contributed by atoms with van der Waals surface area (Å²) < 4.78 is 9.81. The number of nitrogens with one attached hydrogen (secondary N) is 1. The fraction of sp³-hybridized carbons (Fsp3) is 0.211. The molecule has 0 atom stereocenters. The van der Waals surface area contributed by atoms with E-state index in [1.807, 2.05) is 24.3 Å². The molecule has 2 aromatic carbocycles. The van der Waals surface area contributed by atoms with E-state index in [-0.39, 0.29) is 18.3 Å². The summed E-state index contributed by atoms with van der Waals surface area (Å²) in [5.74, 6) is 0.754. The molecule has 0 spiro atoms. The van der Waals surface area contributed by atoms with E-state index in [1.54, 1.807) is 24.3 Å². The van der Waals surface area contributed by atoms with Gasteiger partial charge in [-0.15, -0.1) is 11.8 Å². The van der Waals surface area contributed by atoms with Gasteiger partial charge in [0, 0.05) is 10.8 Å². The molecule has 0 bridgehead atoms.